The molecule has 0 aliphatic heterocycles. The van der Waals surface area contributed by atoms with Crippen LogP contribution in [0.15, 0.2) is 28.8 Å². The van der Waals surface area contributed by atoms with Crippen LogP contribution in [0.4, 0.5) is 5.69 Å². The summed E-state index contributed by atoms with van der Waals surface area (Å²) in [7, 11) is 0. The Morgan fingerprint density at radius 3 is 2.80 bits per heavy atom. The lowest BCUT2D eigenvalue weighted by molar-refractivity contribution is -0.384. The zero-order valence-corrected chi connectivity index (χ0v) is 11.3. The summed E-state index contributed by atoms with van der Waals surface area (Å²) in [6.07, 6.45) is 0.879. The van der Waals surface area contributed by atoms with Gasteiger partial charge in [-0.15, -0.1) is 0 Å². The smallest absolute Gasteiger partial charge is 0.280 e. The van der Waals surface area contributed by atoms with Crippen LogP contribution < -0.4 is 5.73 Å². The molecule has 0 aliphatic rings. The van der Waals surface area contributed by atoms with Crippen molar-refractivity contribution < 1.29 is 9.45 Å². The molecule has 2 atom stereocenters. The van der Waals surface area contributed by atoms with Crippen LogP contribution in [0, 0.1) is 16.0 Å². The summed E-state index contributed by atoms with van der Waals surface area (Å²) in [5.41, 5.74) is 6.27. The maximum absolute atomic E-state index is 11.0. The molecule has 2 rings (SSSR count). The molecule has 0 bridgehead atoms. The first-order valence-corrected chi connectivity index (χ1v) is 6.37. The van der Waals surface area contributed by atoms with Gasteiger partial charge in [-0.25, -0.2) is 0 Å². The van der Waals surface area contributed by atoms with Gasteiger partial charge in [-0.05, 0) is 12.0 Å². The standard InChI is InChI=1S/C13H16N4O3/c1-3-8(2)11(14)13-15-12(16-20-13)9-6-4-5-7-10(9)17(18)19/h4-8,11H,3,14H2,1-2H3/t8-,11-/m0/s1. The van der Waals surface area contributed by atoms with Crippen LogP contribution >= 0.6 is 0 Å². The molecule has 0 saturated heterocycles. The maximum atomic E-state index is 11.0. The van der Waals surface area contributed by atoms with Crippen molar-refractivity contribution >= 4 is 5.69 Å². The van der Waals surface area contributed by atoms with Crippen molar-refractivity contribution in [1.82, 2.24) is 10.1 Å². The van der Waals surface area contributed by atoms with Gasteiger partial charge in [0.1, 0.15) is 5.56 Å². The van der Waals surface area contributed by atoms with E-state index in [1.165, 1.54) is 6.07 Å². The molecular weight excluding hydrogens is 260 g/mol. The van der Waals surface area contributed by atoms with E-state index < -0.39 is 4.92 Å². The highest BCUT2D eigenvalue weighted by molar-refractivity contribution is 5.67. The van der Waals surface area contributed by atoms with Crippen LogP contribution in [-0.4, -0.2) is 15.1 Å². The average molecular weight is 276 g/mol. The Bertz CT molecular complexity index is 611. The molecule has 1 heterocycles. The highest BCUT2D eigenvalue weighted by Gasteiger charge is 2.23. The summed E-state index contributed by atoms with van der Waals surface area (Å²) in [5, 5.41) is 14.8. The number of nitrogens with zero attached hydrogens (tertiary/aromatic N) is 3. The highest BCUT2D eigenvalue weighted by Crippen LogP contribution is 2.29. The molecule has 0 radical (unpaired) electrons. The molecule has 0 saturated carbocycles. The summed E-state index contributed by atoms with van der Waals surface area (Å²) in [6.45, 7) is 4.00. The van der Waals surface area contributed by atoms with Gasteiger partial charge in [-0.2, -0.15) is 4.98 Å². The zero-order valence-electron chi connectivity index (χ0n) is 11.3. The van der Waals surface area contributed by atoms with E-state index in [4.69, 9.17) is 10.3 Å². The van der Waals surface area contributed by atoms with Crippen LogP contribution in [0.1, 0.15) is 32.2 Å². The number of aromatic nitrogens is 2. The second kappa shape index (κ2) is 5.79. The first-order chi connectivity index (χ1) is 9.54. The summed E-state index contributed by atoms with van der Waals surface area (Å²) >= 11 is 0. The largest absolute Gasteiger partial charge is 0.337 e. The third-order valence-electron chi connectivity index (χ3n) is 3.33. The molecule has 7 nitrogen and oxygen atoms in total. The lowest BCUT2D eigenvalue weighted by Gasteiger charge is -2.12. The molecule has 2 N–H and O–H groups in total. The molecular formula is C13H16N4O3. The van der Waals surface area contributed by atoms with E-state index in [0.717, 1.165) is 6.42 Å². The monoisotopic (exact) mass is 276 g/mol. The molecule has 0 amide bonds. The Morgan fingerprint density at radius 1 is 1.45 bits per heavy atom. The Hall–Kier alpha value is -2.28. The number of nitrogens with two attached hydrogens (primary N) is 1. The third-order valence-corrected chi connectivity index (χ3v) is 3.33. The van der Waals surface area contributed by atoms with E-state index in [-0.39, 0.29) is 23.5 Å². The minimum Gasteiger partial charge on any atom is -0.337 e. The van der Waals surface area contributed by atoms with Gasteiger partial charge in [0.05, 0.1) is 11.0 Å². The highest BCUT2D eigenvalue weighted by atomic mass is 16.6. The number of nitro benzene ring substituents is 1. The Morgan fingerprint density at radius 2 is 2.15 bits per heavy atom. The normalized spacial score (nSPS) is 13.9. The quantitative estimate of drug-likeness (QED) is 0.664. The third kappa shape index (κ3) is 2.67. The minimum absolute atomic E-state index is 0.0584. The van der Waals surface area contributed by atoms with Crippen molar-refractivity contribution in [3.63, 3.8) is 0 Å². The zero-order chi connectivity index (χ0) is 14.7. The molecule has 7 heteroatoms. The van der Waals surface area contributed by atoms with E-state index in [2.05, 4.69) is 10.1 Å². The van der Waals surface area contributed by atoms with Crippen molar-refractivity contribution in [3.05, 3.63) is 40.3 Å². The van der Waals surface area contributed by atoms with Gasteiger partial charge < -0.3 is 10.3 Å². The first kappa shape index (κ1) is 14.1. The van der Waals surface area contributed by atoms with E-state index in [0.29, 0.717) is 11.5 Å². The predicted molar refractivity (Wildman–Crippen MR) is 72.8 cm³/mol. The summed E-state index contributed by atoms with van der Waals surface area (Å²) in [6, 6.07) is 5.89. The summed E-state index contributed by atoms with van der Waals surface area (Å²) < 4.78 is 5.13. The van der Waals surface area contributed by atoms with Crippen molar-refractivity contribution in [2.45, 2.75) is 26.3 Å². The molecule has 0 spiro atoms. The first-order valence-electron chi connectivity index (χ1n) is 6.37. The predicted octanol–water partition coefficient (Wildman–Crippen LogP) is 2.69. The van der Waals surface area contributed by atoms with Crippen LogP contribution in [0.5, 0.6) is 0 Å². The second-order valence-corrected chi connectivity index (χ2v) is 4.64. The van der Waals surface area contributed by atoms with E-state index >= 15 is 0 Å². The van der Waals surface area contributed by atoms with Crippen LogP contribution in [0.3, 0.4) is 0 Å². The van der Waals surface area contributed by atoms with Crippen molar-refractivity contribution in [1.29, 1.82) is 0 Å². The molecule has 1 aromatic carbocycles. The lowest BCUT2D eigenvalue weighted by Crippen LogP contribution is -2.18. The summed E-state index contributed by atoms with van der Waals surface area (Å²) in [5.74, 6) is 0.674. The SMILES string of the molecule is CC[C@H](C)[C@H](N)c1nc(-c2ccccc2[N+](=O)[O-])no1. The number of hydrogen-bond donors (Lipinski definition) is 1. The van der Waals surface area contributed by atoms with Crippen LogP contribution in [0.2, 0.25) is 0 Å². The minimum atomic E-state index is -0.472. The number of benzene rings is 1. The fourth-order valence-electron chi connectivity index (χ4n) is 1.80. The maximum Gasteiger partial charge on any atom is 0.280 e. The fraction of sp³-hybridized carbons (Fsp3) is 0.385. The Labute approximate surface area is 115 Å². The molecule has 2 aromatic rings. The second-order valence-electron chi connectivity index (χ2n) is 4.64. The van der Waals surface area contributed by atoms with E-state index in [1.54, 1.807) is 18.2 Å². The number of rotatable bonds is 5. The number of para-hydroxylation sites is 1. The van der Waals surface area contributed by atoms with Crippen molar-refractivity contribution in [2.75, 3.05) is 0 Å². The van der Waals surface area contributed by atoms with Crippen molar-refractivity contribution in [2.24, 2.45) is 11.7 Å². The lowest BCUT2D eigenvalue weighted by atomic mass is 10.0. The molecule has 0 aliphatic carbocycles. The number of hydrogen-bond acceptors (Lipinski definition) is 6. The molecule has 0 fully saturated rings. The van der Waals surface area contributed by atoms with Gasteiger partial charge in [-0.3, -0.25) is 10.1 Å². The van der Waals surface area contributed by atoms with Gasteiger partial charge >= 0.3 is 0 Å². The van der Waals surface area contributed by atoms with Gasteiger partial charge in [0.15, 0.2) is 0 Å². The number of nitro groups is 1. The Balaban J connectivity index is 2.36. The fourth-order valence-corrected chi connectivity index (χ4v) is 1.80. The van der Waals surface area contributed by atoms with Gasteiger partial charge in [0.25, 0.3) is 5.69 Å². The Kier molecular flexibility index (Phi) is 4.09. The molecule has 106 valence electrons. The van der Waals surface area contributed by atoms with Gasteiger partial charge in [0, 0.05) is 6.07 Å². The van der Waals surface area contributed by atoms with Crippen molar-refractivity contribution in [3.8, 4) is 11.4 Å². The molecule has 0 unspecified atom stereocenters. The van der Waals surface area contributed by atoms with Gasteiger partial charge in [0.2, 0.25) is 11.7 Å². The molecule has 20 heavy (non-hydrogen) atoms. The topological polar surface area (TPSA) is 108 Å². The summed E-state index contributed by atoms with van der Waals surface area (Å²) in [4.78, 5) is 14.7. The molecule has 1 aromatic heterocycles. The average Bonchev–Trinajstić information content (AvgIpc) is 2.95. The van der Waals surface area contributed by atoms with Crippen LogP contribution in [0.25, 0.3) is 11.4 Å². The van der Waals surface area contributed by atoms with E-state index in [9.17, 15) is 10.1 Å². The van der Waals surface area contributed by atoms with Crippen LogP contribution in [-0.2, 0) is 0 Å². The van der Waals surface area contributed by atoms with E-state index in [1.807, 2.05) is 13.8 Å². The van der Waals surface area contributed by atoms with Gasteiger partial charge in [-0.1, -0.05) is 37.6 Å².